The number of rotatable bonds is 10. The van der Waals surface area contributed by atoms with Gasteiger partial charge in [-0.1, -0.05) is 61.2 Å². The lowest BCUT2D eigenvalue weighted by molar-refractivity contribution is -0.124. The van der Waals surface area contributed by atoms with Crippen LogP contribution < -0.4 is 0 Å². The lowest BCUT2D eigenvalue weighted by atomic mass is 9.77. The van der Waals surface area contributed by atoms with E-state index >= 15 is 0 Å². The van der Waals surface area contributed by atoms with Crippen molar-refractivity contribution in [3.8, 4) is 11.1 Å². The van der Waals surface area contributed by atoms with Crippen molar-refractivity contribution in [2.24, 2.45) is 5.92 Å². The average Bonchev–Trinajstić information content (AvgIpc) is 2.83. The van der Waals surface area contributed by atoms with Crippen LogP contribution in [0.2, 0.25) is 0 Å². The Hall–Kier alpha value is -2.61. The molecular weight excluding hydrogens is 378 g/mol. The third kappa shape index (κ3) is 6.69. The van der Waals surface area contributed by atoms with Crippen molar-refractivity contribution in [3.05, 3.63) is 85.0 Å². The third-order valence-electron chi connectivity index (χ3n) is 6.80. The van der Waals surface area contributed by atoms with Crippen molar-refractivity contribution < 1.29 is 4.79 Å². The summed E-state index contributed by atoms with van der Waals surface area (Å²) in [5.41, 5.74) is 5.36. The minimum Gasteiger partial charge on any atom is -0.342 e. The van der Waals surface area contributed by atoms with Crippen molar-refractivity contribution in [2.45, 2.75) is 57.3 Å². The van der Waals surface area contributed by atoms with Gasteiger partial charge in [-0.05, 0) is 91.5 Å². The smallest absolute Gasteiger partial charge is 0.245 e. The van der Waals surface area contributed by atoms with Crippen LogP contribution >= 0.6 is 0 Å². The topological polar surface area (TPSA) is 20.3 Å². The van der Waals surface area contributed by atoms with Crippen LogP contribution in [0.5, 0.6) is 0 Å². The molecule has 0 N–H and O–H groups in total. The summed E-state index contributed by atoms with van der Waals surface area (Å²) in [4.78, 5) is 13.3. The second-order valence-corrected chi connectivity index (χ2v) is 8.97. The fourth-order valence-corrected chi connectivity index (χ4v) is 4.74. The molecule has 0 unspecified atom stereocenters. The van der Waals surface area contributed by atoms with E-state index < -0.39 is 0 Å². The summed E-state index contributed by atoms with van der Waals surface area (Å²) < 4.78 is 0. The summed E-state index contributed by atoms with van der Waals surface area (Å²) in [6.07, 6.45) is 13.2. The van der Waals surface area contributed by atoms with Gasteiger partial charge in [0.25, 0.3) is 0 Å². The van der Waals surface area contributed by atoms with Crippen molar-refractivity contribution >= 4 is 5.91 Å². The largest absolute Gasteiger partial charge is 0.342 e. The number of nitrogens with zero attached hydrogens (tertiary/aromatic N) is 1. The molecular formula is C29H37NO. The second-order valence-electron chi connectivity index (χ2n) is 8.97. The zero-order valence-corrected chi connectivity index (χ0v) is 19.1. The number of benzene rings is 2. The first-order valence-corrected chi connectivity index (χ1v) is 11.8. The Bertz CT molecular complexity index is 841. The van der Waals surface area contributed by atoms with Gasteiger partial charge in [0, 0.05) is 13.6 Å². The Morgan fingerprint density at radius 3 is 2.16 bits per heavy atom. The molecule has 0 radical (unpaired) electrons. The minimum atomic E-state index is -0.0143. The van der Waals surface area contributed by atoms with Crippen molar-refractivity contribution in [1.82, 2.24) is 4.90 Å². The molecule has 2 aromatic carbocycles. The first-order chi connectivity index (χ1) is 15.1. The second kappa shape index (κ2) is 11.7. The van der Waals surface area contributed by atoms with Gasteiger partial charge in [0.15, 0.2) is 0 Å². The van der Waals surface area contributed by atoms with Crippen LogP contribution in [-0.2, 0) is 11.2 Å². The summed E-state index contributed by atoms with van der Waals surface area (Å²) in [6, 6.07) is 18.1. The Morgan fingerprint density at radius 2 is 1.58 bits per heavy atom. The quantitative estimate of drug-likeness (QED) is 0.297. The van der Waals surface area contributed by atoms with E-state index in [0.717, 1.165) is 37.6 Å². The van der Waals surface area contributed by atoms with Crippen molar-refractivity contribution in [1.29, 1.82) is 0 Å². The lowest BCUT2D eigenvalue weighted by Crippen LogP contribution is -2.25. The fourth-order valence-electron chi connectivity index (χ4n) is 4.74. The van der Waals surface area contributed by atoms with E-state index in [1.54, 1.807) is 4.90 Å². The van der Waals surface area contributed by atoms with E-state index in [2.05, 4.69) is 67.8 Å². The highest BCUT2D eigenvalue weighted by Crippen LogP contribution is 2.38. The van der Waals surface area contributed by atoms with Gasteiger partial charge in [0.1, 0.15) is 0 Å². The molecule has 0 bridgehead atoms. The molecule has 0 aliphatic heterocycles. The summed E-state index contributed by atoms with van der Waals surface area (Å²) >= 11 is 0. The number of allylic oxidation sites excluding steroid dienone is 1. The maximum Gasteiger partial charge on any atom is 0.245 e. The number of amides is 1. The molecule has 1 fully saturated rings. The van der Waals surface area contributed by atoms with E-state index in [9.17, 15) is 4.79 Å². The van der Waals surface area contributed by atoms with Crippen LogP contribution in [0.1, 0.15) is 62.0 Å². The molecule has 0 atom stereocenters. The Kier molecular flexibility index (Phi) is 8.70. The monoisotopic (exact) mass is 415 g/mol. The predicted octanol–water partition coefficient (Wildman–Crippen LogP) is 7.17. The molecule has 0 heterocycles. The first-order valence-electron chi connectivity index (χ1n) is 11.8. The lowest BCUT2D eigenvalue weighted by Gasteiger charge is -2.28. The van der Waals surface area contributed by atoms with E-state index in [0.29, 0.717) is 0 Å². The molecule has 1 amide bonds. The molecule has 164 valence electrons. The highest BCUT2D eigenvalue weighted by molar-refractivity contribution is 5.86. The van der Waals surface area contributed by atoms with Crippen LogP contribution in [0, 0.1) is 5.92 Å². The van der Waals surface area contributed by atoms with Gasteiger partial charge in [0.2, 0.25) is 5.91 Å². The molecule has 2 heteroatoms. The van der Waals surface area contributed by atoms with Gasteiger partial charge in [0.05, 0.1) is 0 Å². The van der Waals surface area contributed by atoms with Crippen LogP contribution in [-0.4, -0.2) is 24.4 Å². The summed E-state index contributed by atoms with van der Waals surface area (Å²) in [5.74, 6) is 1.61. The van der Waals surface area contributed by atoms with Crippen LogP contribution in [0.25, 0.3) is 11.1 Å². The zero-order valence-electron chi connectivity index (χ0n) is 19.1. The maximum absolute atomic E-state index is 11.5. The van der Waals surface area contributed by atoms with Crippen LogP contribution in [0.3, 0.4) is 0 Å². The molecule has 2 aromatic rings. The van der Waals surface area contributed by atoms with Crippen molar-refractivity contribution in [3.63, 3.8) is 0 Å². The molecule has 2 nitrogen and oxygen atoms in total. The molecule has 1 saturated carbocycles. The number of aryl methyl sites for hydroxylation is 1. The number of carbonyl (C=O) groups is 1. The van der Waals surface area contributed by atoms with Crippen LogP contribution in [0.4, 0.5) is 0 Å². The van der Waals surface area contributed by atoms with Gasteiger partial charge < -0.3 is 4.90 Å². The first kappa shape index (κ1) is 23.1. The van der Waals surface area contributed by atoms with Gasteiger partial charge in [-0.25, -0.2) is 0 Å². The number of carbonyl (C=O) groups excluding carboxylic acids is 1. The highest BCUT2D eigenvalue weighted by atomic mass is 16.2. The molecule has 0 aromatic heterocycles. The number of hydrogen-bond acceptors (Lipinski definition) is 1. The normalized spacial score (nSPS) is 18.4. The molecule has 1 aliphatic carbocycles. The molecule has 1 aliphatic rings. The van der Waals surface area contributed by atoms with Gasteiger partial charge in [-0.2, -0.15) is 0 Å². The maximum atomic E-state index is 11.5. The highest BCUT2D eigenvalue weighted by Gasteiger charge is 2.21. The SMILES string of the molecule is C=CCCC1CCC(c2ccc(-c3ccc(CCCN(C)C(=O)C=C)cc3)cc2)CC1. The standard InChI is InChI=1S/C29H37NO/c1-4-6-8-23-10-14-25(15-11-23)27-18-20-28(21-19-27)26-16-12-24(13-17-26)9-7-22-30(3)29(31)5-2/h4-5,12-13,16-21,23,25H,1-2,6-11,14-15,22H2,3H3. The van der Waals surface area contributed by atoms with Gasteiger partial charge in [-0.3, -0.25) is 4.79 Å². The average molecular weight is 416 g/mol. The summed E-state index contributed by atoms with van der Waals surface area (Å²) in [7, 11) is 1.82. The van der Waals surface area contributed by atoms with Crippen molar-refractivity contribution in [2.75, 3.05) is 13.6 Å². The Morgan fingerprint density at radius 1 is 0.968 bits per heavy atom. The number of hydrogen-bond donors (Lipinski definition) is 0. The van der Waals surface area contributed by atoms with Crippen LogP contribution in [0.15, 0.2) is 73.8 Å². The van der Waals surface area contributed by atoms with E-state index in [4.69, 9.17) is 0 Å². The molecule has 0 spiro atoms. The minimum absolute atomic E-state index is 0.0143. The van der Waals surface area contributed by atoms with E-state index in [-0.39, 0.29) is 5.91 Å². The predicted molar refractivity (Wildman–Crippen MR) is 132 cm³/mol. The van der Waals surface area contributed by atoms with E-state index in [1.165, 1.54) is 60.4 Å². The summed E-state index contributed by atoms with van der Waals surface area (Å²) in [6.45, 7) is 8.15. The third-order valence-corrected chi connectivity index (χ3v) is 6.80. The number of likely N-dealkylation sites (N-methyl/N-ethyl adjacent to an activating group) is 1. The fraction of sp³-hybridized carbons (Fsp3) is 0.414. The Balaban J connectivity index is 1.50. The summed E-state index contributed by atoms with van der Waals surface area (Å²) in [5, 5.41) is 0. The Labute approximate surface area is 188 Å². The molecule has 0 saturated heterocycles. The van der Waals surface area contributed by atoms with Gasteiger partial charge >= 0.3 is 0 Å². The zero-order chi connectivity index (χ0) is 22.1. The molecule has 3 rings (SSSR count). The van der Waals surface area contributed by atoms with Gasteiger partial charge in [-0.15, -0.1) is 6.58 Å². The van der Waals surface area contributed by atoms with E-state index in [1.807, 2.05) is 7.05 Å². The molecule has 31 heavy (non-hydrogen) atoms.